The molecule has 1 N–H and O–H groups in total. The van der Waals surface area contributed by atoms with Crippen LogP contribution < -0.4 is 5.32 Å². The van der Waals surface area contributed by atoms with E-state index in [1.165, 1.54) is 6.33 Å². The number of nitrogens with one attached hydrogen (secondary N) is 1. The highest BCUT2D eigenvalue weighted by Crippen LogP contribution is 2.21. The average molecular weight is 331 g/mol. The first-order chi connectivity index (χ1) is 12.2. The second kappa shape index (κ2) is 6.27. The number of anilines is 2. The first-order valence-electron chi connectivity index (χ1n) is 8.09. The van der Waals surface area contributed by atoms with Crippen molar-refractivity contribution in [3.05, 3.63) is 60.3 Å². The normalized spacial score (nSPS) is 11.0. The Kier molecular flexibility index (Phi) is 3.81. The Hall–Kier alpha value is -3.35. The number of aryl methyl sites for hydroxylation is 2. The molecule has 3 heterocycles. The van der Waals surface area contributed by atoms with Crippen LogP contribution in [0.4, 0.5) is 11.5 Å². The van der Waals surface area contributed by atoms with Gasteiger partial charge in [0.15, 0.2) is 5.82 Å². The van der Waals surface area contributed by atoms with Gasteiger partial charge in [0, 0.05) is 34.9 Å². The summed E-state index contributed by atoms with van der Waals surface area (Å²) in [5.74, 6) is 2.15. The lowest BCUT2D eigenvalue weighted by atomic mass is 10.2. The van der Waals surface area contributed by atoms with Crippen LogP contribution in [0.2, 0.25) is 0 Å². The van der Waals surface area contributed by atoms with Crippen molar-refractivity contribution in [1.82, 2.24) is 29.5 Å². The Bertz CT molecular complexity index is 1020. The fourth-order valence-corrected chi connectivity index (χ4v) is 2.57. The number of rotatable bonds is 4. The topological polar surface area (TPSA) is 80.9 Å². The van der Waals surface area contributed by atoms with Gasteiger partial charge in [0.2, 0.25) is 0 Å². The van der Waals surface area contributed by atoms with Gasteiger partial charge in [-0.1, -0.05) is 6.92 Å². The van der Waals surface area contributed by atoms with Crippen molar-refractivity contribution in [2.45, 2.75) is 20.3 Å². The van der Waals surface area contributed by atoms with Crippen LogP contribution in [0.1, 0.15) is 18.3 Å². The molecule has 0 aliphatic heterocycles. The molecule has 0 bridgehead atoms. The molecule has 0 saturated heterocycles. The van der Waals surface area contributed by atoms with Crippen LogP contribution in [-0.2, 0) is 6.42 Å². The lowest BCUT2D eigenvalue weighted by Gasteiger charge is -2.10. The maximum atomic E-state index is 4.45. The van der Waals surface area contributed by atoms with Gasteiger partial charge in [0.1, 0.15) is 12.1 Å². The minimum atomic E-state index is 0.589. The average Bonchev–Trinajstić information content (AvgIpc) is 3.11. The summed E-state index contributed by atoms with van der Waals surface area (Å²) in [5.41, 5.74) is 3.84. The molecular weight excluding hydrogens is 314 g/mol. The van der Waals surface area contributed by atoms with Crippen LogP contribution in [0.15, 0.2) is 48.9 Å². The number of benzene rings is 1. The van der Waals surface area contributed by atoms with Gasteiger partial charge in [-0.25, -0.2) is 15.0 Å². The van der Waals surface area contributed by atoms with Gasteiger partial charge in [-0.15, -0.1) is 0 Å². The van der Waals surface area contributed by atoms with E-state index in [1.807, 2.05) is 43.3 Å². The van der Waals surface area contributed by atoms with Crippen LogP contribution in [0, 0.1) is 6.92 Å². The first-order valence-corrected chi connectivity index (χ1v) is 8.09. The Labute approximate surface area is 144 Å². The first kappa shape index (κ1) is 15.2. The van der Waals surface area contributed by atoms with Gasteiger partial charge in [-0.2, -0.15) is 14.6 Å². The maximum absolute atomic E-state index is 4.45. The summed E-state index contributed by atoms with van der Waals surface area (Å²) in [6.07, 6.45) is 4.11. The number of hydrogen-bond donors (Lipinski definition) is 1. The van der Waals surface area contributed by atoms with E-state index in [9.17, 15) is 0 Å². The third-order valence-electron chi connectivity index (χ3n) is 3.88. The molecule has 4 aromatic rings. The van der Waals surface area contributed by atoms with Gasteiger partial charge in [0.25, 0.3) is 5.78 Å². The molecule has 124 valence electrons. The van der Waals surface area contributed by atoms with Crippen molar-refractivity contribution < 1.29 is 0 Å². The van der Waals surface area contributed by atoms with E-state index < -0.39 is 0 Å². The van der Waals surface area contributed by atoms with Gasteiger partial charge in [-0.05, 0) is 43.7 Å². The summed E-state index contributed by atoms with van der Waals surface area (Å²) in [6.45, 7) is 4.02. The second-order valence-corrected chi connectivity index (χ2v) is 5.68. The summed E-state index contributed by atoms with van der Waals surface area (Å²) >= 11 is 0. The molecule has 0 amide bonds. The third kappa shape index (κ3) is 3.03. The minimum Gasteiger partial charge on any atom is -0.340 e. The Morgan fingerprint density at radius 1 is 1.04 bits per heavy atom. The fraction of sp³-hybridized carbons (Fsp3) is 0.167. The van der Waals surface area contributed by atoms with Crippen molar-refractivity contribution in [2.24, 2.45) is 0 Å². The Balaban J connectivity index is 1.64. The molecule has 0 fully saturated rings. The van der Waals surface area contributed by atoms with Gasteiger partial charge < -0.3 is 5.32 Å². The van der Waals surface area contributed by atoms with Crippen LogP contribution >= 0.6 is 0 Å². The molecule has 25 heavy (non-hydrogen) atoms. The van der Waals surface area contributed by atoms with Gasteiger partial charge in [-0.3, -0.25) is 0 Å². The fourth-order valence-electron chi connectivity index (χ4n) is 2.57. The monoisotopic (exact) mass is 331 g/mol. The molecule has 7 nitrogen and oxygen atoms in total. The predicted octanol–water partition coefficient (Wildman–Crippen LogP) is 3.20. The zero-order chi connectivity index (χ0) is 17.2. The SMILES string of the molecule is CCc1cc(Nc2ccc(-c3nccc(C)n3)cc2)n2ncnc2n1. The molecule has 0 aliphatic carbocycles. The van der Waals surface area contributed by atoms with Crippen LogP contribution in [0.5, 0.6) is 0 Å². The highest BCUT2D eigenvalue weighted by atomic mass is 15.3. The van der Waals surface area contributed by atoms with Crippen LogP contribution in [-0.4, -0.2) is 29.5 Å². The highest BCUT2D eigenvalue weighted by molar-refractivity contribution is 5.64. The second-order valence-electron chi connectivity index (χ2n) is 5.68. The number of nitrogens with zero attached hydrogens (tertiary/aromatic N) is 6. The van der Waals surface area contributed by atoms with Crippen molar-refractivity contribution in [1.29, 1.82) is 0 Å². The highest BCUT2D eigenvalue weighted by Gasteiger charge is 2.08. The molecule has 0 radical (unpaired) electrons. The summed E-state index contributed by atoms with van der Waals surface area (Å²) in [5, 5.41) is 7.60. The van der Waals surface area contributed by atoms with Crippen LogP contribution in [0.3, 0.4) is 0 Å². The van der Waals surface area contributed by atoms with Gasteiger partial charge >= 0.3 is 0 Å². The molecule has 0 spiro atoms. The summed E-state index contributed by atoms with van der Waals surface area (Å²) in [7, 11) is 0. The van der Waals surface area contributed by atoms with E-state index >= 15 is 0 Å². The van der Waals surface area contributed by atoms with E-state index in [1.54, 1.807) is 10.7 Å². The molecule has 7 heteroatoms. The standard InChI is InChI=1S/C18H17N7/c1-3-14-10-16(25-18(24-14)20-11-21-25)23-15-6-4-13(5-7-15)17-19-9-8-12(2)22-17/h4-11,23H,3H2,1-2H3. The molecule has 4 rings (SSSR count). The van der Waals surface area contributed by atoms with Crippen molar-refractivity contribution >= 4 is 17.3 Å². The van der Waals surface area contributed by atoms with Crippen molar-refractivity contribution in [3.8, 4) is 11.4 Å². The smallest absolute Gasteiger partial charge is 0.254 e. The molecule has 0 aliphatic rings. The zero-order valence-corrected chi connectivity index (χ0v) is 14.0. The van der Waals surface area contributed by atoms with Gasteiger partial charge in [0.05, 0.1) is 0 Å². The number of aromatic nitrogens is 6. The largest absolute Gasteiger partial charge is 0.340 e. The van der Waals surface area contributed by atoms with Crippen LogP contribution in [0.25, 0.3) is 17.2 Å². The van der Waals surface area contributed by atoms with E-state index in [0.717, 1.165) is 40.7 Å². The minimum absolute atomic E-state index is 0.589. The molecule has 3 aromatic heterocycles. The number of fused-ring (bicyclic) bond motifs is 1. The molecule has 0 atom stereocenters. The summed E-state index contributed by atoms with van der Waals surface area (Å²) < 4.78 is 1.69. The maximum Gasteiger partial charge on any atom is 0.254 e. The predicted molar refractivity (Wildman–Crippen MR) is 95.6 cm³/mol. The summed E-state index contributed by atoms with van der Waals surface area (Å²) in [4.78, 5) is 17.4. The third-order valence-corrected chi connectivity index (χ3v) is 3.88. The number of hydrogen-bond acceptors (Lipinski definition) is 6. The van der Waals surface area contributed by atoms with E-state index in [0.29, 0.717) is 5.78 Å². The Morgan fingerprint density at radius 3 is 2.64 bits per heavy atom. The molecule has 0 unspecified atom stereocenters. The molecule has 1 aromatic carbocycles. The lowest BCUT2D eigenvalue weighted by molar-refractivity contribution is 0.918. The van der Waals surface area contributed by atoms with Crippen molar-refractivity contribution in [2.75, 3.05) is 5.32 Å². The molecular formula is C18H17N7. The zero-order valence-electron chi connectivity index (χ0n) is 14.0. The quantitative estimate of drug-likeness (QED) is 0.618. The lowest BCUT2D eigenvalue weighted by Crippen LogP contribution is -2.03. The summed E-state index contributed by atoms with van der Waals surface area (Å²) in [6, 6.07) is 11.9. The molecule has 0 saturated carbocycles. The van der Waals surface area contributed by atoms with Crippen molar-refractivity contribution in [3.63, 3.8) is 0 Å². The van der Waals surface area contributed by atoms with E-state index in [4.69, 9.17) is 0 Å². The van der Waals surface area contributed by atoms with E-state index in [2.05, 4.69) is 37.3 Å². The Morgan fingerprint density at radius 2 is 1.88 bits per heavy atom. The van der Waals surface area contributed by atoms with E-state index in [-0.39, 0.29) is 0 Å².